The van der Waals surface area contributed by atoms with Gasteiger partial charge >= 0.3 is 0 Å². The molecule has 0 saturated heterocycles. The third-order valence-electron chi connectivity index (χ3n) is 2.05. The van der Waals surface area contributed by atoms with Gasteiger partial charge in [-0.15, -0.1) is 0 Å². The topological polar surface area (TPSA) is 30.8 Å². The van der Waals surface area contributed by atoms with Gasteiger partial charge in [0.1, 0.15) is 23.1 Å². The summed E-state index contributed by atoms with van der Waals surface area (Å²) in [5.74, 6) is -1.19. The Morgan fingerprint density at radius 2 is 1.94 bits per heavy atom. The Bertz CT molecular complexity index is 405. The Balaban J connectivity index is 2.33. The number of rotatable bonds is 2. The molecule has 0 saturated carbocycles. The summed E-state index contributed by atoms with van der Waals surface area (Å²) in [6.45, 7) is 0.653. The summed E-state index contributed by atoms with van der Waals surface area (Å²) in [7, 11) is 0. The number of hydrogen-bond donors (Lipinski definition) is 0. The number of benzene rings is 1. The van der Waals surface area contributed by atoms with E-state index >= 15 is 0 Å². The minimum absolute atomic E-state index is 0.121. The van der Waals surface area contributed by atoms with Crippen LogP contribution in [0, 0.1) is 11.6 Å². The molecule has 1 unspecified atom stereocenters. The van der Waals surface area contributed by atoms with Crippen molar-refractivity contribution in [3.8, 4) is 0 Å². The molecule has 1 atom stereocenters. The van der Waals surface area contributed by atoms with Gasteiger partial charge in [-0.05, 0) is 12.1 Å². The van der Waals surface area contributed by atoms with E-state index in [1.165, 1.54) is 18.2 Å². The van der Waals surface area contributed by atoms with Crippen LogP contribution >= 0.6 is 15.9 Å². The quantitative estimate of drug-likeness (QED) is 0.785. The molecular weight excluding hydrogens is 284 g/mol. The van der Waals surface area contributed by atoms with Crippen LogP contribution in [0.3, 0.4) is 0 Å². The van der Waals surface area contributed by atoms with Gasteiger partial charge in [-0.1, -0.05) is 27.2 Å². The molecule has 3 nitrogen and oxygen atoms in total. The van der Waals surface area contributed by atoms with E-state index in [2.05, 4.69) is 21.1 Å². The Morgan fingerprint density at radius 3 is 2.50 bits per heavy atom. The molecule has 16 heavy (non-hydrogen) atoms. The molecular formula is C10H8BrF2NO2. The largest absolute Gasteiger partial charge is 0.474 e. The van der Waals surface area contributed by atoms with Gasteiger partial charge in [0.15, 0.2) is 6.61 Å². The molecule has 86 valence electrons. The summed E-state index contributed by atoms with van der Waals surface area (Å²) in [6, 6.07) is 3.65. The number of halogens is 3. The number of ether oxygens (including phenoxy) is 1. The van der Waals surface area contributed by atoms with Gasteiger partial charge in [0.05, 0.1) is 0 Å². The Labute approximate surface area is 99.2 Å². The van der Waals surface area contributed by atoms with Gasteiger partial charge in [0, 0.05) is 5.56 Å². The summed E-state index contributed by atoms with van der Waals surface area (Å²) in [6.07, 6.45) is 0. The van der Waals surface area contributed by atoms with E-state index in [-0.39, 0.29) is 11.5 Å². The minimum atomic E-state index is -0.783. The fourth-order valence-corrected chi connectivity index (χ4v) is 1.97. The lowest BCUT2D eigenvalue weighted by Crippen LogP contribution is -2.21. The molecule has 0 aromatic heterocycles. The summed E-state index contributed by atoms with van der Waals surface area (Å²) >= 11 is 3.13. The molecule has 0 N–H and O–H groups in total. The molecule has 0 amide bonds. The maximum atomic E-state index is 13.4. The third kappa shape index (κ3) is 2.16. The SMILES string of the molecule is Fc1cccc(F)c1C(Br)C1=NOCCO1. The Hall–Kier alpha value is -1.17. The van der Waals surface area contributed by atoms with Crippen molar-refractivity contribution in [2.75, 3.05) is 13.2 Å². The third-order valence-corrected chi connectivity index (χ3v) is 2.90. The first-order valence-corrected chi connectivity index (χ1v) is 5.52. The van der Waals surface area contributed by atoms with Crippen LogP contribution in [0.25, 0.3) is 0 Å². The fraction of sp³-hybridized carbons (Fsp3) is 0.300. The van der Waals surface area contributed by atoms with Crippen LogP contribution in [-0.2, 0) is 9.57 Å². The lowest BCUT2D eigenvalue weighted by Gasteiger charge is -2.18. The van der Waals surface area contributed by atoms with Gasteiger partial charge in [-0.25, -0.2) is 8.78 Å². The van der Waals surface area contributed by atoms with Crippen molar-refractivity contribution in [1.82, 2.24) is 0 Å². The molecule has 0 aliphatic carbocycles. The minimum Gasteiger partial charge on any atom is -0.474 e. The first-order chi connectivity index (χ1) is 7.70. The molecule has 1 heterocycles. The van der Waals surface area contributed by atoms with Crippen LogP contribution in [0.5, 0.6) is 0 Å². The molecule has 1 aliphatic rings. The lowest BCUT2D eigenvalue weighted by atomic mass is 10.1. The number of hydrogen-bond acceptors (Lipinski definition) is 3. The van der Waals surface area contributed by atoms with E-state index in [1.54, 1.807) is 0 Å². The number of oxime groups is 1. The van der Waals surface area contributed by atoms with Crippen molar-refractivity contribution in [2.45, 2.75) is 4.83 Å². The average molecular weight is 292 g/mol. The zero-order chi connectivity index (χ0) is 11.5. The normalized spacial score (nSPS) is 17.1. The monoisotopic (exact) mass is 291 g/mol. The Kier molecular flexibility index (Phi) is 3.38. The predicted molar refractivity (Wildman–Crippen MR) is 57.4 cm³/mol. The maximum absolute atomic E-state index is 13.4. The first kappa shape index (κ1) is 11.3. The molecule has 2 rings (SSSR count). The van der Waals surface area contributed by atoms with Crippen LogP contribution in [0.15, 0.2) is 23.4 Å². The second kappa shape index (κ2) is 4.78. The smallest absolute Gasteiger partial charge is 0.244 e. The van der Waals surface area contributed by atoms with Crippen molar-refractivity contribution in [2.24, 2.45) is 5.16 Å². The second-order valence-corrected chi connectivity index (χ2v) is 4.02. The van der Waals surface area contributed by atoms with E-state index in [9.17, 15) is 8.78 Å². The predicted octanol–water partition coefficient (Wildman–Crippen LogP) is 2.76. The molecule has 1 aliphatic heterocycles. The van der Waals surface area contributed by atoms with E-state index in [0.717, 1.165) is 0 Å². The van der Waals surface area contributed by atoms with E-state index in [0.29, 0.717) is 13.2 Å². The molecule has 0 spiro atoms. The molecule has 0 radical (unpaired) electrons. The highest BCUT2D eigenvalue weighted by molar-refractivity contribution is 9.09. The molecule has 6 heteroatoms. The van der Waals surface area contributed by atoms with Gasteiger partial charge in [0.25, 0.3) is 0 Å². The van der Waals surface area contributed by atoms with Crippen LogP contribution in [0.4, 0.5) is 8.78 Å². The average Bonchev–Trinajstić information content (AvgIpc) is 2.30. The van der Waals surface area contributed by atoms with E-state index < -0.39 is 16.5 Å². The summed E-state index contributed by atoms with van der Waals surface area (Å²) in [5, 5.41) is 3.60. The van der Waals surface area contributed by atoms with Crippen molar-refractivity contribution in [3.63, 3.8) is 0 Å². The highest BCUT2D eigenvalue weighted by atomic mass is 79.9. The Morgan fingerprint density at radius 1 is 1.25 bits per heavy atom. The fourth-order valence-electron chi connectivity index (χ4n) is 1.31. The number of nitrogens with zero attached hydrogens (tertiary/aromatic N) is 1. The lowest BCUT2D eigenvalue weighted by molar-refractivity contribution is 0.0622. The van der Waals surface area contributed by atoms with Gasteiger partial charge in [-0.2, -0.15) is 0 Å². The highest BCUT2D eigenvalue weighted by Crippen LogP contribution is 2.30. The first-order valence-electron chi connectivity index (χ1n) is 4.61. The van der Waals surface area contributed by atoms with Crippen molar-refractivity contribution in [1.29, 1.82) is 0 Å². The van der Waals surface area contributed by atoms with Crippen LogP contribution in [-0.4, -0.2) is 19.1 Å². The maximum Gasteiger partial charge on any atom is 0.244 e. The molecule has 0 fully saturated rings. The number of alkyl halides is 1. The van der Waals surface area contributed by atoms with Gasteiger partial charge in [0.2, 0.25) is 5.90 Å². The molecule has 1 aromatic rings. The van der Waals surface area contributed by atoms with Crippen LogP contribution in [0.2, 0.25) is 0 Å². The van der Waals surface area contributed by atoms with E-state index in [1.807, 2.05) is 0 Å². The van der Waals surface area contributed by atoms with Gasteiger partial charge < -0.3 is 9.57 Å². The molecule has 1 aromatic carbocycles. The van der Waals surface area contributed by atoms with Crippen molar-refractivity contribution < 1.29 is 18.4 Å². The summed E-state index contributed by atoms with van der Waals surface area (Å²) < 4.78 is 32.0. The van der Waals surface area contributed by atoms with Gasteiger partial charge in [-0.3, -0.25) is 0 Å². The standard InChI is InChI=1S/C10H8BrF2NO2/c11-9(10-14-16-5-4-15-10)8-6(12)2-1-3-7(8)13/h1-3,9H,4-5H2. The van der Waals surface area contributed by atoms with E-state index in [4.69, 9.17) is 9.57 Å². The summed E-state index contributed by atoms with van der Waals surface area (Å²) in [5.41, 5.74) is -0.133. The van der Waals surface area contributed by atoms with Crippen LogP contribution < -0.4 is 0 Å². The zero-order valence-electron chi connectivity index (χ0n) is 8.12. The second-order valence-electron chi connectivity index (χ2n) is 3.11. The molecule has 0 bridgehead atoms. The van der Waals surface area contributed by atoms with Crippen molar-refractivity contribution in [3.05, 3.63) is 35.4 Å². The van der Waals surface area contributed by atoms with Crippen molar-refractivity contribution >= 4 is 21.8 Å². The summed E-state index contributed by atoms with van der Waals surface area (Å²) in [4.78, 5) is 4.01. The highest BCUT2D eigenvalue weighted by Gasteiger charge is 2.25. The van der Waals surface area contributed by atoms with Crippen LogP contribution in [0.1, 0.15) is 10.4 Å². The zero-order valence-corrected chi connectivity index (χ0v) is 9.71.